The molecular formula is C24H29N5O3. The van der Waals surface area contributed by atoms with Gasteiger partial charge in [0.2, 0.25) is 0 Å². The fourth-order valence-corrected chi connectivity index (χ4v) is 5.64. The molecule has 0 radical (unpaired) electrons. The summed E-state index contributed by atoms with van der Waals surface area (Å²) in [7, 11) is 1.82. The molecule has 0 aromatic carbocycles. The number of carbonyl (C=O) groups is 1. The number of nitrogens with one attached hydrogen (secondary N) is 1. The molecule has 0 spiro atoms. The van der Waals surface area contributed by atoms with E-state index in [0.717, 1.165) is 56.3 Å². The summed E-state index contributed by atoms with van der Waals surface area (Å²) < 4.78 is 16.0. The standard InChI is InChI=1S/C24H29N5O3/c1-23-8-9-24(14-23,15-31-23)19-13-29-12-17(22(30)26-20-7-10-28(2)27-20)18(11-21(29)25-19)32-16-5-3-4-6-16/h7,10-13,16H,3-6,8-9,14-15H2,1-2H3,(H,26,27,30)/t23-,24-/m0/s1. The predicted octanol–water partition coefficient (Wildman–Crippen LogP) is 3.85. The van der Waals surface area contributed by atoms with Gasteiger partial charge in [0.15, 0.2) is 5.82 Å². The average Bonchev–Trinajstić information content (AvgIpc) is 3.56. The van der Waals surface area contributed by atoms with E-state index in [0.29, 0.717) is 23.7 Å². The molecule has 2 saturated carbocycles. The van der Waals surface area contributed by atoms with Gasteiger partial charge in [-0.25, -0.2) is 4.98 Å². The molecule has 8 heteroatoms. The number of hydrogen-bond acceptors (Lipinski definition) is 5. The summed E-state index contributed by atoms with van der Waals surface area (Å²) in [6, 6.07) is 3.69. The topological polar surface area (TPSA) is 82.7 Å². The van der Waals surface area contributed by atoms with Crippen LogP contribution >= 0.6 is 0 Å². The summed E-state index contributed by atoms with van der Waals surface area (Å²) >= 11 is 0. The SMILES string of the molecule is Cn1ccc(NC(=O)c2cn3cc([C@@]45CC[C@@](C)(C4)OC5)nc3cc2OC2CCCC2)n1. The molecule has 1 amide bonds. The molecule has 3 aliphatic rings. The molecule has 1 N–H and O–H groups in total. The van der Waals surface area contributed by atoms with Crippen molar-refractivity contribution in [3.05, 3.63) is 42.0 Å². The van der Waals surface area contributed by atoms with E-state index in [1.165, 1.54) is 0 Å². The van der Waals surface area contributed by atoms with Crippen LogP contribution in [0.1, 0.15) is 67.9 Å². The average molecular weight is 436 g/mol. The molecule has 0 unspecified atom stereocenters. The van der Waals surface area contributed by atoms with Crippen LogP contribution in [0.25, 0.3) is 5.65 Å². The maximum Gasteiger partial charge on any atom is 0.262 e. The Kier molecular flexibility index (Phi) is 4.37. The van der Waals surface area contributed by atoms with E-state index in [-0.39, 0.29) is 23.0 Å². The first-order valence-corrected chi connectivity index (χ1v) is 11.6. The van der Waals surface area contributed by atoms with E-state index in [9.17, 15) is 4.79 Å². The lowest BCUT2D eigenvalue weighted by atomic mass is 9.84. The lowest BCUT2D eigenvalue weighted by Crippen LogP contribution is -2.26. The van der Waals surface area contributed by atoms with Crippen molar-refractivity contribution < 1.29 is 14.3 Å². The molecule has 3 aromatic rings. The van der Waals surface area contributed by atoms with E-state index in [2.05, 4.69) is 23.5 Å². The van der Waals surface area contributed by atoms with E-state index >= 15 is 0 Å². The fourth-order valence-electron chi connectivity index (χ4n) is 5.64. The van der Waals surface area contributed by atoms with Crippen LogP contribution in [0.15, 0.2) is 30.7 Å². The molecule has 2 atom stereocenters. The van der Waals surface area contributed by atoms with Gasteiger partial charge in [0.1, 0.15) is 11.4 Å². The first-order valence-electron chi connectivity index (χ1n) is 11.6. The number of imidazole rings is 1. The maximum atomic E-state index is 13.2. The molecule has 6 rings (SSSR count). The first-order chi connectivity index (χ1) is 15.4. The van der Waals surface area contributed by atoms with Gasteiger partial charge in [-0.1, -0.05) is 0 Å². The maximum absolute atomic E-state index is 13.2. The quantitative estimate of drug-likeness (QED) is 0.658. The molecule has 2 bridgehead atoms. The molecule has 2 aliphatic carbocycles. The van der Waals surface area contributed by atoms with Gasteiger partial charge in [-0.05, 0) is 51.9 Å². The van der Waals surface area contributed by atoms with Crippen molar-refractivity contribution in [2.45, 2.75) is 69.0 Å². The third-order valence-electron chi connectivity index (χ3n) is 7.44. The van der Waals surface area contributed by atoms with Gasteiger partial charge in [0, 0.05) is 43.2 Å². The second-order valence-electron chi connectivity index (χ2n) is 9.99. The summed E-state index contributed by atoms with van der Waals surface area (Å²) in [5.41, 5.74) is 2.30. The van der Waals surface area contributed by atoms with Gasteiger partial charge in [0.05, 0.1) is 29.6 Å². The van der Waals surface area contributed by atoms with Crippen molar-refractivity contribution in [1.82, 2.24) is 19.2 Å². The van der Waals surface area contributed by atoms with Crippen LogP contribution in [-0.2, 0) is 17.2 Å². The summed E-state index contributed by atoms with van der Waals surface area (Å²) in [5.74, 6) is 0.874. The van der Waals surface area contributed by atoms with Crippen molar-refractivity contribution in [1.29, 1.82) is 0 Å². The smallest absolute Gasteiger partial charge is 0.262 e. The highest BCUT2D eigenvalue weighted by atomic mass is 16.5. The summed E-state index contributed by atoms with van der Waals surface area (Å²) in [4.78, 5) is 18.2. The highest BCUT2D eigenvalue weighted by molar-refractivity contribution is 6.05. The minimum atomic E-state index is -0.232. The zero-order valence-corrected chi connectivity index (χ0v) is 18.6. The second-order valence-corrected chi connectivity index (χ2v) is 9.99. The number of ether oxygens (including phenoxy) is 2. The van der Waals surface area contributed by atoms with E-state index in [1.54, 1.807) is 16.9 Å². The first kappa shape index (κ1) is 19.8. The monoisotopic (exact) mass is 435 g/mol. The van der Waals surface area contributed by atoms with E-state index in [4.69, 9.17) is 14.5 Å². The molecule has 3 fully saturated rings. The van der Waals surface area contributed by atoms with Crippen LogP contribution in [-0.4, -0.2) is 43.4 Å². The highest BCUT2D eigenvalue weighted by Gasteiger charge is 2.55. The third kappa shape index (κ3) is 3.28. The van der Waals surface area contributed by atoms with Crippen molar-refractivity contribution in [2.75, 3.05) is 11.9 Å². The van der Waals surface area contributed by atoms with Crippen molar-refractivity contribution in [2.24, 2.45) is 7.05 Å². The van der Waals surface area contributed by atoms with Gasteiger partial charge in [-0.2, -0.15) is 5.10 Å². The van der Waals surface area contributed by atoms with Gasteiger partial charge in [-0.3, -0.25) is 9.48 Å². The largest absolute Gasteiger partial charge is 0.489 e. The van der Waals surface area contributed by atoms with Crippen LogP contribution in [0.5, 0.6) is 5.75 Å². The Balaban J connectivity index is 1.38. The Bertz CT molecular complexity index is 1180. The van der Waals surface area contributed by atoms with Gasteiger partial charge in [-0.15, -0.1) is 0 Å². The molecule has 8 nitrogen and oxygen atoms in total. The number of hydrogen-bond donors (Lipinski definition) is 1. The number of aromatic nitrogens is 4. The Morgan fingerprint density at radius 2 is 2.12 bits per heavy atom. The Morgan fingerprint density at radius 3 is 2.78 bits per heavy atom. The zero-order valence-electron chi connectivity index (χ0n) is 18.6. The van der Waals surface area contributed by atoms with Crippen molar-refractivity contribution in [3.8, 4) is 5.75 Å². The van der Waals surface area contributed by atoms with Gasteiger partial charge < -0.3 is 19.2 Å². The van der Waals surface area contributed by atoms with Crippen LogP contribution in [0.2, 0.25) is 0 Å². The summed E-state index contributed by atoms with van der Waals surface area (Å²) in [6.07, 6.45) is 13.4. The number of amides is 1. The lowest BCUT2D eigenvalue weighted by molar-refractivity contribution is -0.00627. The Labute approximate surface area is 186 Å². The number of nitrogens with zero attached hydrogens (tertiary/aromatic N) is 4. The van der Waals surface area contributed by atoms with Crippen molar-refractivity contribution >= 4 is 17.4 Å². The third-order valence-corrected chi connectivity index (χ3v) is 7.44. The van der Waals surface area contributed by atoms with Gasteiger partial charge >= 0.3 is 0 Å². The van der Waals surface area contributed by atoms with Crippen LogP contribution in [0.4, 0.5) is 5.82 Å². The van der Waals surface area contributed by atoms with Crippen LogP contribution < -0.4 is 10.1 Å². The fraction of sp³-hybridized carbons (Fsp3) is 0.542. The number of carbonyl (C=O) groups excluding carboxylic acids is 1. The molecule has 1 aliphatic heterocycles. The second kappa shape index (κ2) is 7.07. The van der Waals surface area contributed by atoms with Crippen LogP contribution in [0, 0.1) is 0 Å². The number of aryl methyl sites for hydroxylation is 1. The van der Waals surface area contributed by atoms with E-state index < -0.39 is 0 Å². The lowest BCUT2D eigenvalue weighted by Gasteiger charge is -2.24. The number of pyridine rings is 1. The molecule has 3 aromatic heterocycles. The van der Waals surface area contributed by atoms with E-state index in [1.807, 2.05) is 23.7 Å². The molecular weight excluding hydrogens is 406 g/mol. The highest BCUT2D eigenvalue weighted by Crippen LogP contribution is 2.53. The van der Waals surface area contributed by atoms with Crippen molar-refractivity contribution in [3.63, 3.8) is 0 Å². The minimum Gasteiger partial charge on any atom is -0.489 e. The Hall–Kier alpha value is -2.87. The summed E-state index contributed by atoms with van der Waals surface area (Å²) in [5, 5.41) is 7.17. The number of anilines is 1. The normalized spacial score (nSPS) is 27.4. The van der Waals surface area contributed by atoms with Gasteiger partial charge in [0.25, 0.3) is 5.91 Å². The van der Waals surface area contributed by atoms with Crippen LogP contribution in [0.3, 0.4) is 0 Å². The summed E-state index contributed by atoms with van der Waals surface area (Å²) in [6.45, 7) is 2.91. The zero-order chi connectivity index (χ0) is 21.9. The predicted molar refractivity (Wildman–Crippen MR) is 119 cm³/mol. The molecule has 168 valence electrons. The molecule has 1 saturated heterocycles. The number of rotatable bonds is 5. The minimum absolute atomic E-state index is 0.0242. The molecule has 4 heterocycles. The Morgan fingerprint density at radius 1 is 1.28 bits per heavy atom. The molecule has 32 heavy (non-hydrogen) atoms. The number of fused-ring (bicyclic) bond motifs is 3.